The molecule has 2 aliphatic heterocycles. The first-order chi connectivity index (χ1) is 9.90. The van der Waals surface area contributed by atoms with Crippen molar-refractivity contribution in [2.45, 2.75) is 43.7 Å². The van der Waals surface area contributed by atoms with Crippen molar-refractivity contribution < 1.29 is 0 Å². The molecule has 2 aliphatic rings. The molecule has 1 aromatic carbocycles. The van der Waals surface area contributed by atoms with Crippen molar-refractivity contribution in [3.63, 3.8) is 0 Å². The van der Waals surface area contributed by atoms with Crippen LogP contribution in [-0.2, 0) is 0 Å². The highest BCUT2D eigenvalue weighted by Crippen LogP contribution is 2.40. The Morgan fingerprint density at radius 3 is 2.40 bits per heavy atom. The summed E-state index contributed by atoms with van der Waals surface area (Å²) in [7, 11) is 0. The summed E-state index contributed by atoms with van der Waals surface area (Å²) in [6.07, 6.45) is 7.15. The number of rotatable bonds is 2. The van der Waals surface area contributed by atoms with Crippen molar-refractivity contribution in [2.24, 2.45) is 0 Å². The van der Waals surface area contributed by atoms with E-state index >= 15 is 0 Å². The summed E-state index contributed by atoms with van der Waals surface area (Å²) >= 11 is 0. The molecule has 0 radical (unpaired) electrons. The Bertz CT molecular complexity index is 581. The highest BCUT2D eigenvalue weighted by molar-refractivity contribution is 5.63. The third kappa shape index (κ3) is 2.14. The van der Waals surface area contributed by atoms with E-state index in [2.05, 4.69) is 52.8 Å². The Morgan fingerprint density at radius 1 is 0.900 bits per heavy atom. The first-order valence-corrected chi connectivity index (χ1v) is 7.66. The molecular weight excluding hydrogens is 244 g/mol. The second-order valence-electron chi connectivity index (χ2n) is 6.11. The van der Waals surface area contributed by atoms with Crippen LogP contribution in [0.4, 0.5) is 0 Å². The van der Waals surface area contributed by atoms with E-state index in [1.165, 1.54) is 42.5 Å². The predicted octanol–water partition coefficient (Wildman–Crippen LogP) is 3.75. The Labute approximate surface area is 120 Å². The number of hydrogen-bond acceptors (Lipinski definition) is 2. The number of piperidine rings is 1. The average Bonchev–Trinajstić information content (AvgIpc) is 2.86. The Hall–Kier alpha value is -1.67. The first-order valence-electron chi connectivity index (χ1n) is 7.66. The zero-order valence-electron chi connectivity index (χ0n) is 11.6. The molecule has 4 rings (SSSR count). The van der Waals surface area contributed by atoms with Crippen molar-refractivity contribution >= 4 is 0 Å². The maximum Gasteiger partial charge on any atom is 0.0736 e. The van der Waals surface area contributed by atoms with E-state index in [4.69, 9.17) is 0 Å². The number of nitrogens with zero attached hydrogens (tertiary/aromatic N) is 1. The number of benzene rings is 1. The molecule has 2 aromatic rings. The standard InChI is InChI=1S/C18H20N2/c1-2-5-13(6-3-1)18-17(7-4-10-19-18)14-11-15-8-9-16(12-14)20-15/h1-7,10,14-16,20H,8-9,11-12H2. The maximum atomic E-state index is 4.67. The quantitative estimate of drug-likeness (QED) is 0.893. The van der Waals surface area contributed by atoms with Gasteiger partial charge in [-0.15, -0.1) is 0 Å². The highest BCUT2D eigenvalue weighted by atomic mass is 15.0. The summed E-state index contributed by atoms with van der Waals surface area (Å²) < 4.78 is 0. The van der Waals surface area contributed by atoms with Crippen molar-refractivity contribution in [3.8, 4) is 11.3 Å². The van der Waals surface area contributed by atoms with Gasteiger partial charge in [-0.05, 0) is 43.2 Å². The minimum absolute atomic E-state index is 0.664. The molecule has 1 aromatic heterocycles. The summed E-state index contributed by atoms with van der Waals surface area (Å²) in [5, 5.41) is 3.73. The molecule has 2 bridgehead atoms. The molecule has 1 N–H and O–H groups in total. The highest BCUT2D eigenvalue weighted by Gasteiger charge is 2.34. The molecule has 2 fully saturated rings. The van der Waals surface area contributed by atoms with Gasteiger partial charge in [-0.25, -0.2) is 0 Å². The summed E-state index contributed by atoms with van der Waals surface area (Å²) in [6, 6.07) is 16.4. The lowest BCUT2D eigenvalue weighted by molar-refractivity contribution is 0.363. The van der Waals surface area contributed by atoms with Crippen LogP contribution in [0.25, 0.3) is 11.3 Å². The van der Waals surface area contributed by atoms with Crippen LogP contribution >= 0.6 is 0 Å². The van der Waals surface area contributed by atoms with Crippen LogP contribution in [0.15, 0.2) is 48.7 Å². The van der Waals surface area contributed by atoms with Gasteiger partial charge in [-0.2, -0.15) is 0 Å². The van der Waals surface area contributed by atoms with Gasteiger partial charge in [0.2, 0.25) is 0 Å². The van der Waals surface area contributed by atoms with E-state index in [0.717, 1.165) is 12.1 Å². The molecule has 2 saturated heterocycles. The lowest BCUT2D eigenvalue weighted by Gasteiger charge is -2.30. The third-order valence-corrected chi connectivity index (χ3v) is 4.80. The molecule has 0 spiro atoms. The van der Waals surface area contributed by atoms with Crippen molar-refractivity contribution in [1.82, 2.24) is 10.3 Å². The normalized spacial score (nSPS) is 28.5. The molecule has 102 valence electrons. The average molecular weight is 264 g/mol. The molecule has 2 unspecified atom stereocenters. The molecular formula is C18H20N2. The zero-order valence-corrected chi connectivity index (χ0v) is 11.6. The van der Waals surface area contributed by atoms with Crippen molar-refractivity contribution in [1.29, 1.82) is 0 Å². The molecule has 2 nitrogen and oxygen atoms in total. The second kappa shape index (κ2) is 5.02. The Balaban J connectivity index is 1.72. The minimum atomic E-state index is 0.664. The van der Waals surface area contributed by atoms with Crippen LogP contribution in [0, 0.1) is 0 Å². The van der Waals surface area contributed by atoms with Gasteiger partial charge in [0.15, 0.2) is 0 Å². The molecule has 3 heterocycles. The van der Waals surface area contributed by atoms with Crippen LogP contribution in [0.3, 0.4) is 0 Å². The van der Waals surface area contributed by atoms with E-state index in [1.807, 2.05) is 6.20 Å². The third-order valence-electron chi connectivity index (χ3n) is 4.80. The summed E-state index contributed by atoms with van der Waals surface area (Å²) in [6.45, 7) is 0. The molecule has 0 aliphatic carbocycles. The van der Waals surface area contributed by atoms with E-state index in [1.54, 1.807) is 0 Å². The molecule has 2 heteroatoms. The van der Waals surface area contributed by atoms with Gasteiger partial charge in [-0.1, -0.05) is 36.4 Å². The van der Waals surface area contributed by atoms with Crippen molar-refractivity contribution in [2.75, 3.05) is 0 Å². The SMILES string of the molecule is c1ccc(-c2ncccc2C2CC3CCC(C2)N3)cc1. The minimum Gasteiger partial charge on any atom is -0.311 e. The zero-order chi connectivity index (χ0) is 13.4. The molecule has 0 amide bonds. The van der Waals surface area contributed by atoms with E-state index in [0.29, 0.717) is 5.92 Å². The first kappa shape index (κ1) is 12.1. The van der Waals surface area contributed by atoms with Gasteiger partial charge in [0.05, 0.1) is 5.69 Å². The lowest BCUT2D eigenvalue weighted by atomic mass is 9.84. The number of nitrogens with one attached hydrogen (secondary N) is 1. The fourth-order valence-electron chi connectivity index (χ4n) is 3.90. The van der Waals surface area contributed by atoms with Crippen molar-refractivity contribution in [3.05, 3.63) is 54.2 Å². The Morgan fingerprint density at radius 2 is 1.65 bits per heavy atom. The largest absolute Gasteiger partial charge is 0.311 e. The van der Waals surface area contributed by atoms with Crippen LogP contribution in [0.1, 0.15) is 37.2 Å². The summed E-state index contributed by atoms with van der Waals surface area (Å²) in [5.41, 5.74) is 3.87. The van der Waals surface area contributed by atoms with Gasteiger partial charge >= 0.3 is 0 Å². The molecule has 2 atom stereocenters. The van der Waals surface area contributed by atoms with E-state index < -0.39 is 0 Å². The fourth-order valence-corrected chi connectivity index (χ4v) is 3.90. The van der Waals surface area contributed by atoms with Gasteiger partial charge < -0.3 is 5.32 Å². The summed E-state index contributed by atoms with van der Waals surface area (Å²) in [4.78, 5) is 4.67. The van der Waals surface area contributed by atoms with Crippen LogP contribution in [0.5, 0.6) is 0 Å². The maximum absolute atomic E-state index is 4.67. The topological polar surface area (TPSA) is 24.9 Å². The molecule has 20 heavy (non-hydrogen) atoms. The van der Waals surface area contributed by atoms with Crippen LogP contribution in [0.2, 0.25) is 0 Å². The van der Waals surface area contributed by atoms with Crippen LogP contribution < -0.4 is 5.32 Å². The van der Waals surface area contributed by atoms with E-state index in [9.17, 15) is 0 Å². The van der Waals surface area contributed by atoms with Crippen LogP contribution in [-0.4, -0.2) is 17.1 Å². The van der Waals surface area contributed by atoms with Gasteiger partial charge in [-0.3, -0.25) is 4.98 Å². The smallest absolute Gasteiger partial charge is 0.0736 e. The number of hydrogen-bond donors (Lipinski definition) is 1. The Kier molecular flexibility index (Phi) is 3.04. The lowest BCUT2D eigenvalue weighted by Crippen LogP contribution is -2.37. The summed E-state index contributed by atoms with van der Waals surface area (Å²) in [5.74, 6) is 0.664. The van der Waals surface area contributed by atoms with Gasteiger partial charge in [0.1, 0.15) is 0 Å². The van der Waals surface area contributed by atoms with Gasteiger partial charge in [0, 0.05) is 23.8 Å². The monoisotopic (exact) mass is 264 g/mol. The second-order valence-corrected chi connectivity index (χ2v) is 6.11. The fraction of sp³-hybridized carbons (Fsp3) is 0.389. The van der Waals surface area contributed by atoms with E-state index in [-0.39, 0.29) is 0 Å². The number of aromatic nitrogens is 1. The molecule has 0 saturated carbocycles. The van der Waals surface area contributed by atoms with Gasteiger partial charge in [0.25, 0.3) is 0 Å². The number of pyridine rings is 1. The predicted molar refractivity (Wildman–Crippen MR) is 81.6 cm³/mol. The number of fused-ring (bicyclic) bond motifs is 2.